The van der Waals surface area contributed by atoms with Crippen LogP contribution < -0.4 is 5.32 Å². The number of carbonyl (C=O) groups excluding carboxylic acids is 2. The number of non-ortho nitro benzene ring substituents is 1. The molecule has 0 saturated heterocycles. The third-order valence-corrected chi connectivity index (χ3v) is 3.36. The first-order chi connectivity index (χ1) is 11.0. The molecule has 1 amide bonds. The normalized spacial score (nSPS) is 10.4. The molecule has 2 rings (SSSR count). The molecular formula is C15H12N2O5S. The van der Waals surface area contributed by atoms with Crippen LogP contribution in [-0.4, -0.2) is 23.4 Å². The van der Waals surface area contributed by atoms with Crippen molar-refractivity contribution in [3.63, 3.8) is 0 Å². The summed E-state index contributed by atoms with van der Waals surface area (Å²) in [5.74, 6) is -1.16. The largest absolute Gasteiger partial charge is 0.452 e. The smallest absolute Gasteiger partial charge is 0.331 e. The van der Waals surface area contributed by atoms with Gasteiger partial charge in [-0.1, -0.05) is 0 Å². The van der Waals surface area contributed by atoms with E-state index in [1.807, 2.05) is 16.8 Å². The van der Waals surface area contributed by atoms with Crippen LogP contribution in [0.25, 0.3) is 6.08 Å². The van der Waals surface area contributed by atoms with E-state index < -0.39 is 23.4 Å². The van der Waals surface area contributed by atoms with Crippen LogP contribution in [-0.2, 0) is 14.3 Å². The average molecular weight is 332 g/mol. The van der Waals surface area contributed by atoms with Crippen LogP contribution in [0, 0.1) is 10.1 Å². The topological polar surface area (TPSA) is 98.5 Å². The summed E-state index contributed by atoms with van der Waals surface area (Å²) < 4.78 is 4.79. The van der Waals surface area contributed by atoms with Gasteiger partial charge >= 0.3 is 5.97 Å². The first-order valence-corrected chi connectivity index (χ1v) is 7.40. The fourth-order valence-corrected chi connectivity index (χ4v) is 2.21. The predicted octanol–water partition coefficient (Wildman–Crippen LogP) is 2.85. The summed E-state index contributed by atoms with van der Waals surface area (Å²) in [6.45, 7) is -0.441. The highest BCUT2D eigenvalue weighted by Gasteiger charge is 2.08. The Hall–Kier alpha value is -3.00. The van der Waals surface area contributed by atoms with Crippen molar-refractivity contribution in [3.05, 3.63) is 62.8 Å². The van der Waals surface area contributed by atoms with Gasteiger partial charge in [0, 0.05) is 23.9 Å². The number of nitro benzene ring substituents is 1. The second kappa shape index (κ2) is 7.85. The number of amides is 1. The molecule has 0 saturated carbocycles. The minimum absolute atomic E-state index is 0.0759. The number of hydrogen-bond acceptors (Lipinski definition) is 6. The van der Waals surface area contributed by atoms with E-state index in [0.29, 0.717) is 5.69 Å². The molecular weight excluding hydrogens is 320 g/mol. The number of nitrogens with one attached hydrogen (secondary N) is 1. The van der Waals surface area contributed by atoms with Gasteiger partial charge in [0.05, 0.1) is 4.92 Å². The fourth-order valence-electron chi connectivity index (χ4n) is 1.58. The molecule has 0 bridgehead atoms. The Balaban J connectivity index is 1.78. The van der Waals surface area contributed by atoms with Crippen molar-refractivity contribution in [1.82, 2.24) is 0 Å². The van der Waals surface area contributed by atoms with Crippen molar-refractivity contribution in [2.45, 2.75) is 0 Å². The van der Waals surface area contributed by atoms with Crippen molar-refractivity contribution in [3.8, 4) is 0 Å². The van der Waals surface area contributed by atoms with Crippen LogP contribution in [0.2, 0.25) is 0 Å². The monoisotopic (exact) mass is 332 g/mol. The maximum absolute atomic E-state index is 11.6. The van der Waals surface area contributed by atoms with Gasteiger partial charge in [-0.15, -0.1) is 0 Å². The lowest BCUT2D eigenvalue weighted by atomic mass is 10.3. The Bertz CT molecular complexity index is 723. The predicted molar refractivity (Wildman–Crippen MR) is 86.0 cm³/mol. The van der Waals surface area contributed by atoms with Crippen LogP contribution in [0.1, 0.15) is 5.56 Å². The van der Waals surface area contributed by atoms with E-state index >= 15 is 0 Å². The molecule has 23 heavy (non-hydrogen) atoms. The van der Waals surface area contributed by atoms with Crippen molar-refractivity contribution >= 4 is 40.7 Å². The van der Waals surface area contributed by atoms with Gasteiger partial charge in [-0.25, -0.2) is 4.79 Å². The van der Waals surface area contributed by atoms with Crippen LogP contribution >= 0.6 is 11.3 Å². The Morgan fingerprint density at radius 3 is 2.61 bits per heavy atom. The summed E-state index contributed by atoms with van der Waals surface area (Å²) >= 11 is 1.50. The minimum atomic E-state index is -0.630. The van der Waals surface area contributed by atoms with Crippen LogP contribution in [0.4, 0.5) is 11.4 Å². The first-order valence-electron chi connectivity index (χ1n) is 6.46. The zero-order chi connectivity index (χ0) is 16.7. The molecule has 0 spiro atoms. The van der Waals surface area contributed by atoms with Gasteiger partial charge in [-0.05, 0) is 40.6 Å². The maximum Gasteiger partial charge on any atom is 0.331 e. The van der Waals surface area contributed by atoms with Gasteiger partial charge < -0.3 is 10.1 Å². The number of carbonyl (C=O) groups is 2. The second-order valence-electron chi connectivity index (χ2n) is 4.35. The summed E-state index contributed by atoms with van der Waals surface area (Å²) in [4.78, 5) is 33.1. The average Bonchev–Trinajstić information content (AvgIpc) is 3.05. The highest BCUT2D eigenvalue weighted by Crippen LogP contribution is 2.15. The number of nitrogens with zero attached hydrogens (tertiary/aromatic N) is 1. The van der Waals surface area contributed by atoms with E-state index in [1.54, 1.807) is 6.08 Å². The number of benzene rings is 1. The molecule has 8 heteroatoms. The van der Waals surface area contributed by atoms with E-state index in [1.165, 1.54) is 41.7 Å². The Morgan fingerprint density at radius 2 is 2.00 bits per heavy atom. The van der Waals surface area contributed by atoms with E-state index in [4.69, 9.17) is 4.74 Å². The third kappa shape index (κ3) is 5.36. The molecule has 0 aliphatic rings. The molecule has 0 unspecified atom stereocenters. The summed E-state index contributed by atoms with van der Waals surface area (Å²) in [5.41, 5.74) is 1.18. The van der Waals surface area contributed by atoms with E-state index in [-0.39, 0.29) is 5.69 Å². The van der Waals surface area contributed by atoms with Crippen LogP contribution in [0.15, 0.2) is 47.2 Å². The van der Waals surface area contributed by atoms with Crippen LogP contribution in [0.3, 0.4) is 0 Å². The van der Waals surface area contributed by atoms with Crippen molar-refractivity contribution < 1.29 is 19.2 Å². The SMILES string of the molecule is O=C(COC(=O)/C=C/c1ccsc1)Nc1ccc([N+](=O)[O-])cc1. The molecule has 0 fully saturated rings. The standard InChI is InChI=1S/C15H12N2O5S/c18-14(16-12-2-4-13(5-3-12)17(20)21)9-22-15(19)6-1-11-7-8-23-10-11/h1-8,10H,9H2,(H,16,18)/b6-1+. The number of hydrogen-bond donors (Lipinski definition) is 1. The molecule has 0 aliphatic carbocycles. The highest BCUT2D eigenvalue weighted by atomic mass is 32.1. The minimum Gasteiger partial charge on any atom is -0.452 e. The summed E-state index contributed by atoms with van der Waals surface area (Å²) in [6, 6.07) is 7.18. The zero-order valence-electron chi connectivity index (χ0n) is 11.8. The lowest BCUT2D eigenvalue weighted by molar-refractivity contribution is -0.384. The highest BCUT2D eigenvalue weighted by molar-refractivity contribution is 7.08. The molecule has 0 atom stereocenters. The number of nitro groups is 1. The fraction of sp³-hybridized carbons (Fsp3) is 0.0667. The van der Waals surface area contributed by atoms with Gasteiger partial charge in [0.1, 0.15) is 0 Å². The van der Waals surface area contributed by atoms with E-state index in [2.05, 4.69) is 5.32 Å². The van der Waals surface area contributed by atoms with Crippen molar-refractivity contribution in [1.29, 1.82) is 0 Å². The Kier molecular flexibility index (Phi) is 5.59. The number of anilines is 1. The molecule has 1 aromatic carbocycles. The molecule has 1 N–H and O–H groups in total. The quantitative estimate of drug-likeness (QED) is 0.379. The molecule has 1 aromatic heterocycles. The first kappa shape index (κ1) is 16.4. The zero-order valence-corrected chi connectivity index (χ0v) is 12.6. The number of thiophene rings is 1. The molecule has 1 heterocycles. The third-order valence-electron chi connectivity index (χ3n) is 2.66. The van der Waals surface area contributed by atoms with E-state index in [9.17, 15) is 19.7 Å². The van der Waals surface area contributed by atoms with E-state index in [0.717, 1.165) is 5.56 Å². The molecule has 0 aliphatic heterocycles. The summed E-state index contributed by atoms with van der Waals surface area (Å²) in [7, 11) is 0. The lowest BCUT2D eigenvalue weighted by Gasteiger charge is -2.05. The summed E-state index contributed by atoms with van der Waals surface area (Å²) in [5, 5.41) is 16.7. The number of esters is 1. The van der Waals surface area contributed by atoms with Crippen molar-refractivity contribution in [2.24, 2.45) is 0 Å². The Morgan fingerprint density at radius 1 is 1.26 bits per heavy atom. The van der Waals surface area contributed by atoms with Crippen LogP contribution in [0.5, 0.6) is 0 Å². The number of rotatable bonds is 6. The van der Waals surface area contributed by atoms with Gasteiger partial charge in [-0.3, -0.25) is 14.9 Å². The lowest BCUT2D eigenvalue weighted by Crippen LogP contribution is -2.20. The molecule has 7 nitrogen and oxygen atoms in total. The molecule has 2 aromatic rings. The second-order valence-corrected chi connectivity index (χ2v) is 5.13. The maximum atomic E-state index is 11.6. The van der Waals surface area contributed by atoms with Gasteiger partial charge in [-0.2, -0.15) is 11.3 Å². The van der Waals surface area contributed by atoms with Crippen molar-refractivity contribution in [2.75, 3.05) is 11.9 Å². The molecule has 0 radical (unpaired) electrons. The summed E-state index contributed by atoms with van der Waals surface area (Å²) in [6.07, 6.45) is 2.83. The Labute approximate surface area is 135 Å². The molecule has 118 valence electrons. The van der Waals surface area contributed by atoms with Gasteiger partial charge in [0.15, 0.2) is 6.61 Å². The number of ether oxygens (including phenoxy) is 1. The van der Waals surface area contributed by atoms with Gasteiger partial charge in [0.2, 0.25) is 0 Å². The van der Waals surface area contributed by atoms with Gasteiger partial charge in [0.25, 0.3) is 11.6 Å².